The summed E-state index contributed by atoms with van der Waals surface area (Å²) in [5.41, 5.74) is 1.77. The average Bonchev–Trinajstić information content (AvgIpc) is 3.22. The second kappa shape index (κ2) is 9.46. The molecule has 3 rings (SSSR count). The fourth-order valence-electron chi connectivity index (χ4n) is 3.07. The van der Waals surface area contributed by atoms with Gasteiger partial charge in [0.15, 0.2) is 0 Å². The molecule has 1 saturated heterocycles. The van der Waals surface area contributed by atoms with Crippen molar-refractivity contribution in [1.29, 1.82) is 0 Å². The van der Waals surface area contributed by atoms with Crippen molar-refractivity contribution in [1.82, 2.24) is 10.3 Å². The van der Waals surface area contributed by atoms with Gasteiger partial charge in [0.05, 0.1) is 12.8 Å². The van der Waals surface area contributed by atoms with Crippen molar-refractivity contribution in [3.63, 3.8) is 0 Å². The molecule has 2 N–H and O–H groups in total. The van der Waals surface area contributed by atoms with Gasteiger partial charge in [0.1, 0.15) is 11.6 Å². The molecule has 2 aromatic rings. The summed E-state index contributed by atoms with van der Waals surface area (Å²) >= 11 is 6.00. The van der Waals surface area contributed by atoms with Crippen molar-refractivity contribution in [3.8, 4) is 5.75 Å². The minimum atomic E-state index is -0.0212. The number of benzene rings is 1. The lowest BCUT2D eigenvalue weighted by molar-refractivity contribution is -0.121. The van der Waals surface area contributed by atoms with Crippen LogP contribution in [0, 0.1) is 0 Å². The minimum absolute atomic E-state index is 0.0212. The Bertz CT molecular complexity index is 761. The number of carbonyl (C=O) groups is 1. The third-order valence-electron chi connectivity index (χ3n) is 4.56. The lowest BCUT2D eigenvalue weighted by Crippen LogP contribution is -2.25. The third kappa shape index (κ3) is 5.50. The van der Waals surface area contributed by atoms with Gasteiger partial charge in [0, 0.05) is 43.8 Å². The summed E-state index contributed by atoms with van der Waals surface area (Å²) in [6.45, 7) is 3.13. The van der Waals surface area contributed by atoms with Crippen molar-refractivity contribution in [3.05, 3.63) is 47.1 Å². The zero-order valence-electron chi connectivity index (χ0n) is 15.5. The Morgan fingerprint density at radius 2 is 2.07 bits per heavy atom. The monoisotopic (exact) mass is 388 g/mol. The maximum absolute atomic E-state index is 12.1. The number of amides is 1. The van der Waals surface area contributed by atoms with Crippen LogP contribution in [-0.2, 0) is 11.3 Å². The second-order valence-electron chi connectivity index (χ2n) is 6.52. The molecule has 1 aliphatic rings. The fraction of sp³-hybridized carbons (Fsp3) is 0.400. The van der Waals surface area contributed by atoms with Gasteiger partial charge in [-0.05, 0) is 42.7 Å². The molecular formula is C20H25ClN4O2. The van der Waals surface area contributed by atoms with Gasteiger partial charge in [-0.1, -0.05) is 17.7 Å². The van der Waals surface area contributed by atoms with Gasteiger partial charge in [-0.15, -0.1) is 0 Å². The van der Waals surface area contributed by atoms with E-state index < -0.39 is 0 Å². The summed E-state index contributed by atoms with van der Waals surface area (Å²) in [5.74, 6) is 1.69. The van der Waals surface area contributed by atoms with E-state index in [9.17, 15) is 4.79 Å². The first kappa shape index (κ1) is 19.3. The molecule has 27 heavy (non-hydrogen) atoms. The molecule has 6 nitrogen and oxygen atoms in total. The Kier molecular flexibility index (Phi) is 6.76. The Morgan fingerprint density at radius 3 is 2.78 bits per heavy atom. The van der Waals surface area contributed by atoms with E-state index in [2.05, 4.69) is 20.5 Å². The zero-order chi connectivity index (χ0) is 19.1. The Balaban J connectivity index is 1.41. The zero-order valence-corrected chi connectivity index (χ0v) is 16.3. The Labute approximate surface area is 164 Å². The largest absolute Gasteiger partial charge is 0.495 e. The van der Waals surface area contributed by atoms with Crippen molar-refractivity contribution < 1.29 is 9.53 Å². The van der Waals surface area contributed by atoms with Crippen LogP contribution in [0.2, 0.25) is 5.02 Å². The first-order valence-corrected chi connectivity index (χ1v) is 9.57. The van der Waals surface area contributed by atoms with Gasteiger partial charge in [-0.25, -0.2) is 4.98 Å². The number of carbonyl (C=O) groups excluding carboxylic acids is 1. The maximum atomic E-state index is 12.1. The van der Waals surface area contributed by atoms with Gasteiger partial charge in [0.25, 0.3) is 0 Å². The number of nitrogens with zero attached hydrogens (tertiary/aromatic N) is 2. The molecule has 0 bridgehead atoms. The van der Waals surface area contributed by atoms with Crippen molar-refractivity contribution >= 4 is 29.0 Å². The second-order valence-corrected chi connectivity index (χ2v) is 6.95. The van der Waals surface area contributed by atoms with Crippen LogP contribution in [0.1, 0.15) is 24.8 Å². The maximum Gasteiger partial charge on any atom is 0.222 e. The molecule has 1 aliphatic heterocycles. The molecule has 2 heterocycles. The molecule has 0 spiro atoms. The highest BCUT2D eigenvalue weighted by Crippen LogP contribution is 2.27. The average molecular weight is 389 g/mol. The molecule has 0 unspecified atom stereocenters. The first-order valence-electron chi connectivity index (χ1n) is 9.19. The highest BCUT2D eigenvalue weighted by Gasteiger charge is 2.13. The molecule has 0 aliphatic carbocycles. The predicted molar refractivity (Wildman–Crippen MR) is 109 cm³/mol. The molecular weight excluding hydrogens is 364 g/mol. The number of halogens is 1. The summed E-state index contributed by atoms with van der Waals surface area (Å²) in [6.07, 6.45) is 4.65. The lowest BCUT2D eigenvalue weighted by Gasteiger charge is -2.16. The number of nitrogens with one attached hydrogen (secondary N) is 2. The van der Waals surface area contributed by atoms with Crippen LogP contribution in [0.4, 0.5) is 11.5 Å². The van der Waals surface area contributed by atoms with Gasteiger partial charge < -0.3 is 20.3 Å². The normalized spacial score (nSPS) is 13.5. The van der Waals surface area contributed by atoms with Crippen molar-refractivity contribution in [2.24, 2.45) is 0 Å². The summed E-state index contributed by atoms with van der Waals surface area (Å²) in [7, 11) is 1.60. The smallest absolute Gasteiger partial charge is 0.222 e. The van der Waals surface area contributed by atoms with Crippen LogP contribution >= 0.6 is 11.6 Å². The van der Waals surface area contributed by atoms with E-state index in [1.54, 1.807) is 25.3 Å². The lowest BCUT2D eigenvalue weighted by atomic mass is 10.2. The first-order chi connectivity index (χ1) is 13.2. The predicted octanol–water partition coefficient (Wildman–Crippen LogP) is 3.46. The van der Waals surface area contributed by atoms with Gasteiger partial charge in [-0.3, -0.25) is 4.79 Å². The molecule has 1 aromatic carbocycles. The van der Waals surface area contributed by atoms with Gasteiger partial charge in [-0.2, -0.15) is 0 Å². The van der Waals surface area contributed by atoms with E-state index in [4.69, 9.17) is 16.3 Å². The summed E-state index contributed by atoms with van der Waals surface area (Å²) < 4.78 is 5.28. The molecule has 1 amide bonds. The molecule has 7 heteroatoms. The molecule has 1 fully saturated rings. The quantitative estimate of drug-likeness (QED) is 0.724. The third-order valence-corrected chi connectivity index (χ3v) is 4.79. The molecule has 1 aromatic heterocycles. The van der Waals surface area contributed by atoms with Crippen LogP contribution < -0.4 is 20.3 Å². The van der Waals surface area contributed by atoms with E-state index in [0.717, 1.165) is 30.2 Å². The Hall–Kier alpha value is -2.47. The summed E-state index contributed by atoms with van der Waals surface area (Å²) in [5, 5.41) is 6.73. The Morgan fingerprint density at radius 1 is 1.26 bits per heavy atom. The van der Waals surface area contributed by atoms with Crippen molar-refractivity contribution in [2.45, 2.75) is 25.8 Å². The highest BCUT2D eigenvalue weighted by molar-refractivity contribution is 6.30. The number of hydrogen-bond acceptors (Lipinski definition) is 5. The summed E-state index contributed by atoms with van der Waals surface area (Å²) in [4.78, 5) is 18.9. The number of anilines is 2. The molecule has 0 saturated carbocycles. The van der Waals surface area contributed by atoms with Crippen LogP contribution in [0.15, 0.2) is 36.5 Å². The van der Waals surface area contributed by atoms with E-state index in [-0.39, 0.29) is 5.91 Å². The molecule has 144 valence electrons. The van der Waals surface area contributed by atoms with Gasteiger partial charge >= 0.3 is 0 Å². The van der Waals surface area contributed by atoms with E-state index >= 15 is 0 Å². The van der Waals surface area contributed by atoms with Crippen LogP contribution in [0.3, 0.4) is 0 Å². The van der Waals surface area contributed by atoms with Crippen LogP contribution in [-0.4, -0.2) is 37.6 Å². The fourth-order valence-corrected chi connectivity index (χ4v) is 3.24. The highest BCUT2D eigenvalue weighted by atomic mass is 35.5. The number of ether oxygens (including phenoxy) is 1. The summed E-state index contributed by atoms with van der Waals surface area (Å²) in [6, 6.07) is 9.40. The molecule has 0 radical (unpaired) electrons. The minimum Gasteiger partial charge on any atom is -0.495 e. The van der Waals surface area contributed by atoms with E-state index in [1.165, 1.54) is 12.8 Å². The topological polar surface area (TPSA) is 66.5 Å². The number of rotatable bonds is 8. The number of pyridine rings is 1. The van der Waals surface area contributed by atoms with Crippen molar-refractivity contribution in [2.75, 3.05) is 37.0 Å². The van der Waals surface area contributed by atoms with Gasteiger partial charge in [0.2, 0.25) is 5.91 Å². The standard InChI is InChI=1S/C20H25ClN4O2/c1-27-18-6-5-16(21)12-17(18)22-9-8-20(26)24-14-15-4-7-19(23-13-15)25-10-2-3-11-25/h4-7,12-13,22H,2-3,8-11,14H2,1H3,(H,24,26). The molecule has 0 atom stereocenters. The number of aromatic nitrogens is 1. The number of methoxy groups -OCH3 is 1. The van der Waals surface area contributed by atoms with E-state index in [1.807, 2.05) is 18.3 Å². The number of hydrogen-bond donors (Lipinski definition) is 2. The van der Waals surface area contributed by atoms with Crippen LogP contribution in [0.5, 0.6) is 5.75 Å². The van der Waals surface area contributed by atoms with E-state index in [0.29, 0.717) is 30.3 Å². The van der Waals surface area contributed by atoms with Crippen LogP contribution in [0.25, 0.3) is 0 Å². The SMILES string of the molecule is COc1ccc(Cl)cc1NCCC(=O)NCc1ccc(N2CCCC2)nc1.